The number of carbonyl (C=O) groups excluding carboxylic acids is 3. The van der Waals surface area contributed by atoms with E-state index in [0.29, 0.717) is 18.5 Å². The van der Waals surface area contributed by atoms with Crippen LogP contribution in [0.5, 0.6) is 0 Å². The highest BCUT2D eigenvalue weighted by Gasteiger charge is 2.63. The fourth-order valence-electron chi connectivity index (χ4n) is 5.44. The Morgan fingerprint density at radius 1 is 1.30 bits per heavy atom. The summed E-state index contributed by atoms with van der Waals surface area (Å²) in [4.78, 5) is 44.7. The van der Waals surface area contributed by atoms with Gasteiger partial charge < -0.3 is 14.8 Å². The minimum Gasteiger partial charge on any atom is -0.445 e. The van der Waals surface area contributed by atoms with Gasteiger partial charge in [0.05, 0.1) is 25.5 Å². The predicted octanol–water partition coefficient (Wildman–Crippen LogP) is 3.70. The molecule has 1 saturated carbocycles. The number of hydrogen-bond donors (Lipinski definition) is 1. The highest BCUT2D eigenvalue weighted by molar-refractivity contribution is 6.67. The molecule has 0 aromatic heterocycles. The van der Waals surface area contributed by atoms with Crippen molar-refractivity contribution in [2.75, 3.05) is 25.4 Å². The molecule has 8 nitrogen and oxygen atoms in total. The van der Waals surface area contributed by atoms with Crippen molar-refractivity contribution in [2.24, 2.45) is 11.8 Å². The first-order valence-corrected chi connectivity index (χ1v) is 11.9. The van der Waals surface area contributed by atoms with E-state index < -0.39 is 34.1 Å². The van der Waals surface area contributed by atoms with Gasteiger partial charge in [0.1, 0.15) is 17.8 Å². The summed E-state index contributed by atoms with van der Waals surface area (Å²) in [6.07, 6.45) is -0.408. The standard InChI is InChI=1S/C22H25Cl3N2O6/c1-3-17(28)12-8-18-21(14-6-4-5-7-16(14)27(31-2)19(21)29)9-15(13(12)10-32-18)26-20(30)33-11-22(23,24)25/h4-7,12-13,15,18H,3,8-11H2,1-2H3,(H,26,30)/t12-,13+,15+,18-,21+/m1/s1. The maximum atomic E-state index is 13.8. The van der Waals surface area contributed by atoms with Crippen molar-refractivity contribution >= 4 is 58.3 Å². The highest BCUT2D eigenvalue weighted by Crippen LogP contribution is 2.54. The van der Waals surface area contributed by atoms with Crippen LogP contribution < -0.4 is 10.4 Å². The van der Waals surface area contributed by atoms with Crippen LogP contribution in [-0.2, 0) is 29.3 Å². The Kier molecular flexibility index (Phi) is 6.86. The van der Waals surface area contributed by atoms with Gasteiger partial charge in [0.15, 0.2) is 0 Å². The fourth-order valence-corrected chi connectivity index (χ4v) is 5.60. The number of halogens is 3. The molecule has 5 rings (SSSR count). The summed E-state index contributed by atoms with van der Waals surface area (Å²) in [6.45, 7) is 1.58. The summed E-state index contributed by atoms with van der Waals surface area (Å²) < 4.78 is 9.52. The van der Waals surface area contributed by atoms with E-state index in [2.05, 4.69) is 5.32 Å². The van der Waals surface area contributed by atoms with E-state index in [0.717, 1.165) is 5.56 Å². The van der Waals surface area contributed by atoms with E-state index in [9.17, 15) is 14.4 Å². The second kappa shape index (κ2) is 9.23. The molecule has 0 radical (unpaired) electrons. The van der Waals surface area contributed by atoms with E-state index in [-0.39, 0.29) is 36.6 Å². The van der Waals surface area contributed by atoms with Gasteiger partial charge >= 0.3 is 6.09 Å². The van der Waals surface area contributed by atoms with Crippen molar-refractivity contribution in [1.82, 2.24) is 5.32 Å². The number of alkyl carbamates (subject to hydrolysis) is 1. The Morgan fingerprint density at radius 2 is 2.03 bits per heavy atom. The van der Waals surface area contributed by atoms with Gasteiger partial charge in [0.25, 0.3) is 5.91 Å². The van der Waals surface area contributed by atoms with Crippen LogP contribution in [0.3, 0.4) is 0 Å². The molecule has 11 heteroatoms. The van der Waals surface area contributed by atoms with Gasteiger partial charge in [-0.3, -0.25) is 14.4 Å². The minimum absolute atomic E-state index is 0.0640. The van der Waals surface area contributed by atoms with Crippen LogP contribution in [0.1, 0.15) is 31.7 Å². The average Bonchev–Trinajstić information content (AvgIpc) is 2.88. The quantitative estimate of drug-likeness (QED) is 0.596. The first kappa shape index (κ1) is 24.5. The highest BCUT2D eigenvalue weighted by atomic mass is 35.6. The second-order valence-corrected chi connectivity index (χ2v) is 11.1. The molecule has 3 aliphatic heterocycles. The number of carbonyl (C=O) groups is 3. The van der Waals surface area contributed by atoms with Crippen LogP contribution in [-0.4, -0.2) is 54.0 Å². The van der Waals surface area contributed by atoms with Crippen LogP contribution in [0.2, 0.25) is 0 Å². The molecular formula is C22H25Cl3N2O6. The molecule has 3 fully saturated rings. The summed E-state index contributed by atoms with van der Waals surface area (Å²) >= 11 is 17.1. The molecule has 1 aromatic carbocycles. The number of hydrogen-bond acceptors (Lipinski definition) is 6. The van der Waals surface area contributed by atoms with Crippen molar-refractivity contribution in [3.63, 3.8) is 0 Å². The predicted molar refractivity (Wildman–Crippen MR) is 122 cm³/mol. The zero-order valence-corrected chi connectivity index (χ0v) is 20.5. The van der Waals surface area contributed by atoms with E-state index in [1.54, 1.807) is 13.0 Å². The number of nitrogens with one attached hydrogen (secondary N) is 1. The van der Waals surface area contributed by atoms with Crippen molar-refractivity contribution in [1.29, 1.82) is 0 Å². The number of para-hydroxylation sites is 1. The molecule has 4 aliphatic rings. The molecule has 1 N–H and O–H groups in total. The largest absolute Gasteiger partial charge is 0.445 e. The minimum atomic E-state index is -1.76. The van der Waals surface area contributed by atoms with Crippen LogP contribution in [0.25, 0.3) is 0 Å². The smallest absolute Gasteiger partial charge is 0.407 e. The molecule has 1 aliphatic carbocycles. The third-order valence-electron chi connectivity index (χ3n) is 6.87. The van der Waals surface area contributed by atoms with Crippen LogP contribution in [0.4, 0.5) is 10.5 Å². The van der Waals surface area contributed by atoms with E-state index in [1.807, 2.05) is 18.2 Å². The van der Waals surface area contributed by atoms with Crippen molar-refractivity contribution in [2.45, 2.75) is 47.5 Å². The third-order valence-corrected chi connectivity index (χ3v) is 7.19. The lowest BCUT2D eigenvalue weighted by Gasteiger charge is -2.38. The lowest BCUT2D eigenvalue weighted by molar-refractivity contribution is -0.142. The van der Waals surface area contributed by atoms with E-state index in [4.69, 9.17) is 49.1 Å². The molecule has 2 saturated heterocycles. The lowest BCUT2D eigenvalue weighted by atomic mass is 9.72. The molecule has 0 unspecified atom stereocenters. The number of alkyl halides is 3. The maximum absolute atomic E-state index is 13.8. The zero-order valence-electron chi connectivity index (χ0n) is 18.2. The molecule has 3 heterocycles. The van der Waals surface area contributed by atoms with Gasteiger partial charge in [-0.1, -0.05) is 59.9 Å². The SMILES string of the molecule is CCC(=O)[C@@H]1C[C@H]2OC[C@@H]1[C@@H](NC(=O)OCC(Cl)(Cl)Cl)C[C@@]21C(=O)N(OC)c2ccccc21. The number of ketones is 1. The summed E-state index contributed by atoms with van der Waals surface area (Å²) in [5, 5.41) is 4.08. The van der Waals surface area contributed by atoms with Crippen molar-refractivity contribution < 1.29 is 28.7 Å². The monoisotopic (exact) mass is 518 g/mol. The number of Topliss-reactive ketones (excluding diaryl/α,β-unsaturated/α-hetero) is 1. The van der Waals surface area contributed by atoms with Gasteiger partial charge in [-0.15, -0.1) is 0 Å². The third kappa shape index (κ3) is 4.32. The summed E-state index contributed by atoms with van der Waals surface area (Å²) in [7, 11) is 1.43. The van der Waals surface area contributed by atoms with Gasteiger partial charge in [-0.2, -0.15) is 5.06 Å². The zero-order chi connectivity index (χ0) is 24.0. The Morgan fingerprint density at radius 3 is 2.70 bits per heavy atom. The van der Waals surface area contributed by atoms with Gasteiger partial charge in [-0.05, 0) is 24.5 Å². The number of benzene rings is 1. The summed E-state index contributed by atoms with van der Waals surface area (Å²) in [6, 6.07) is 6.74. The van der Waals surface area contributed by atoms with Crippen molar-refractivity contribution in [3.05, 3.63) is 29.8 Å². The van der Waals surface area contributed by atoms with E-state index in [1.165, 1.54) is 12.2 Å². The van der Waals surface area contributed by atoms with Crippen LogP contribution >= 0.6 is 34.8 Å². The Labute approximate surface area is 206 Å². The summed E-state index contributed by atoms with van der Waals surface area (Å²) in [5.74, 6) is -0.926. The van der Waals surface area contributed by atoms with E-state index >= 15 is 0 Å². The normalized spacial score (nSPS) is 30.8. The average molecular weight is 520 g/mol. The topological polar surface area (TPSA) is 94.2 Å². The Hall–Kier alpha value is -1.58. The van der Waals surface area contributed by atoms with Crippen LogP contribution in [0, 0.1) is 11.8 Å². The lowest BCUT2D eigenvalue weighted by Crippen LogP contribution is -2.51. The Balaban J connectivity index is 1.74. The van der Waals surface area contributed by atoms with Gasteiger partial charge in [0.2, 0.25) is 3.79 Å². The molecule has 5 atom stereocenters. The molecule has 180 valence electrons. The van der Waals surface area contributed by atoms with Crippen molar-refractivity contribution in [3.8, 4) is 0 Å². The molecule has 2 bridgehead atoms. The molecule has 1 spiro atoms. The molecule has 2 amide bonds. The maximum Gasteiger partial charge on any atom is 0.407 e. The molecule has 33 heavy (non-hydrogen) atoms. The number of ether oxygens (including phenoxy) is 2. The van der Waals surface area contributed by atoms with Crippen LogP contribution in [0.15, 0.2) is 24.3 Å². The second-order valence-electron chi connectivity index (χ2n) is 8.56. The number of amides is 2. The number of fused-ring (bicyclic) bond motifs is 4. The number of hydroxylamine groups is 1. The number of nitrogens with zero attached hydrogens (tertiary/aromatic N) is 1. The Bertz CT molecular complexity index is 954. The number of rotatable bonds is 5. The first-order chi connectivity index (χ1) is 15.6. The molecular weight excluding hydrogens is 495 g/mol. The first-order valence-electron chi connectivity index (χ1n) is 10.7. The van der Waals surface area contributed by atoms with Gasteiger partial charge in [0, 0.05) is 24.3 Å². The summed E-state index contributed by atoms with van der Waals surface area (Å²) in [5.41, 5.74) is 0.237. The molecule has 1 aromatic rings. The number of anilines is 1. The van der Waals surface area contributed by atoms with Gasteiger partial charge in [-0.25, -0.2) is 4.79 Å². The fraction of sp³-hybridized carbons (Fsp3) is 0.591.